The van der Waals surface area contributed by atoms with Crippen LogP contribution in [0, 0.1) is 5.41 Å². The quantitative estimate of drug-likeness (QED) is 0.671. The second kappa shape index (κ2) is 6.73. The minimum Gasteiger partial charge on any atom is -0.465 e. The van der Waals surface area contributed by atoms with Gasteiger partial charge in [0.15, 0.2) is 0 Å². The Labute approximate surface area is 141 Å². The molecular weight excluding hydrogens is 308 g/mol. The summed E-state index contributed by atoms with van der Waals surface area (Å²) in [6, 6.07) is 7.33. The zero-order valence-corrected chi connectivity index (χ0v) is 13.8. The first-order chi connectivity index (χ1) is 11.5. The number of hydrogen-bond acceptors (Lipinski definition) is 5. The largest absolute Gasteiger partial charge is 0.465 e. The van der Waals surface area contributed by atoms with Gasteiger partial charge in [-0.1, -0.05) is 12.1 Å². The normalized spacial score (nSPS) is 24.7. The van der Waals surface area contributed by atoms with Crippen LogP contribution in [0.25, 0.3) is 0 Å². The summed E-state index contributed by atoms with van der Waals surface area (Å²) >= 11 is 0. The van der Waals surface area contributed by atoms with Gasteiger partial charge in [0.25, 0.3) is 0 Å². The number of esters is 1. The minimum atomic E-state index is -0.432. The minimum absolute atomic E-state index is 0.117. The maximum atomic E-state index is 12.4. The van der Waals surface area contributed by atoms with Gasteiger partial charge < -0.3 is 4.74 Å². The zero-order chi connectivity index (χ0) is 17.2. The number of methoxy groups -OCH3 is 1. The maximum Gasteiger partial charge on any atom is 0.337 e. The standard InChI is InChI=1S/C18H22N2O4/c1-24-16(22)14-6-4-13(5-7-14)11-20-10-9-18(12-20)8-2-3-15(21)19-17(18)23/h4-7H,2-3,8-12H2,1H3,(H,19,21,23). The highest BCUT2D eigenvalue weighted by Crippen LogP contribution is 2.37. The molecule has 2 amide bonds. The van der Waals surface area contributed by atoms with Crippen molar-refractivity contribution in [2.24, 2.45) is 5.41 Å². The monoisotopic (exact) mass is 330 g/mol. The molecule has 0 saturated carbocycles. The molecule has 6 heteroatoms. The molecule has 0 bridgehead atoms. The van der Waals surface area contributed by atoms with Crippen molar-refractivity contribution in [2.45, 2.75) is 32.2 Å². The molecule has 1 aromatic carbocycles. The second-order valence-electron chi connectivity index (χ2n) is 6.66. The molecule has 0 aliphatic carbocycles. The Hall–Kier alpha value is -2.21. The van der Waals surface area contributed by atoms with E-state index in [4.69, 9.17) is 4.74 Å². The van der Waals surface area contributed by atoms with E-state index in [9.17, 15) is 14.4 Å². The molecule has 0 radical (unpaired) electrons. The lowest BCUT2D eigenvalue weighted by Crippen LogP contribution is -2.43. The van der Waals surface area contributed by atoms with Gasteiger partial charge in [0.1, 0.15) is 0 Å². The van der Waals surface area contributed by atoms with Gasteiger partial charge in [-0.15, -0.1) is 0 Å². The van der Waals surface area contributed by atoms with Crippen molar-refractivity contribution in [3.8, 4) is 0 Å². The Morgan fingerprint density at radius 3 is 2.71 bits per heavy atom. The first-order valence-electron chi connectivity index (χ1n) is 8.26. The van der Waals surface area contributed by atoms with Crippen LogP contribution in [-0.2, 0) is 20.9 Å². The van der Waals surface area contributed by atoms with E-state index in [2.05, 4.69) is 10.2 Å². The van der Waals surface area contributed by atoms with Gasteiger partial charge in [-0.25, -0.2) is 4.79 Å². The third-order valence-corrected chi connectivity index (χ3v) is 5.01. The van der Waals surface area contributed by atoms with Crippen molar-refractivity contribution in [1.82, 2.24) is 10.2 Å². The highest BCUT2D eigenvalue weighted by atomic mass is 16.5. The molecule has 1 aromatic rings. The number of carbonyl (C=O) groups is 3. The van der Waals surface area contributed by atoms with Crippen LogP contribution in [0.2, 0.25) is 0 Å². The summed E-state index contributed by atoms with van der Waals surface area (Å²) in [6.45, 7) is 2.23. The van der Waals surface area contributed by atoms with Gasteiger partial charge in [-0.2, -0.15) is 0 Å². The molecule has 1 unspecified atom stereocenters. The van der Waals surface area contributed by atoms with Crippen LogP contribution in [0.4, 0.5) is 0 Å². The topological polar surface area (TPSA) is 75.7 Å². The van der Waals surface area contributed by atoms with Crippen molar-refractivity contribution in [3.63, 3.8) is 0 Å². The van der Waals surface area contributed by atoms with Crippen LogP contribution in [-0.4, -0.2) is 42.9 Å². The van der Waals surface area contributed by atoms with Crippen LogP contribution < -0.4 is 5.32 Å². The Morgan fingerprint density at radius 2 is 2.00 bits per heavy atom. The summed E-state index contributed by atoms with van der Waals surface area (Å²) in [7, 11) is 1.36. The molecule has 0 aromatic heterocycles. The van der Waals surface area contributed by atoms with Gasteiger partial charge in [-0.05, 0) is 43.5 Å². The first-order valence-corrected chi connectivity index (χ1v) is 8.26. The number of likely N-dealkylation sites (tertiary alicyclic amines) is 1. The molecule has 2 saturated heterocycles. The lowest BCUT2D eigenvalue weighted by Gasteiger charge is -2.25. The van der Waals surface area contributed by atoms with E-state index in [0.717, 1.165) is 37.9 Å². The summed E-state index contributed by atoms with van der Waals surface area (Å²) in [5.74, 6) is -0.622. The summed E-state index contributed by atoms with van der Waals surface area (Å²) < 4.78 is 4.70. The average Bonchev–Trinajstić information content (AvgIpc) is 2.92. The highest BCUT2D eigenvalue weighted by molar-refractivity contribution is 5.99. The van der Waals surface area contributed by atoms with Crippen molar-refractivity contribution in [3.05, 3.63) is 35.4 Å². The highest BCUT2D eigenvalue weighted by Gasteiger charge is 2.45. The number of carbonyl (C=O) groups excluding carboxylic acids is 3. The van der Waals surface area contributed by atoms with Gasteiger partial charge in [0, 0.05) is 19.5 Å². The Kier molecular flexibility index (Phi) is 4.66. The molecule has 24 heavy (non-hydrogen) atoms. The van der Waals surface area contributed by atoms with Crippen molar-refractivity contribution in [1.29, 1.82) is 0 Å². The lowest BCUT2D eigenvalue weighted by atomic mass is 9.82. The predicted molar refractivity (Wildman–Crippen MR) is 87.1 cm³/mol. The van der Waals surface area contributed by atoms with Crippen molar-refractivity contribution in [2.75, 3.05) is 20.2 Å². The predicted octanol–water partition coefficient (Wildman–Crippen LogP) is 1.49. The van der Waals surface area contributed by atoms with Crippen LogP contribution in [0.3, 0.4) is 0 Å². The smallest absolute Gasteiger partial charge is 0.337 e. The second-order valence-corrected chi connectivity index (χ2v) is 6.66. The zero-order valence-electron chi connectivity index (χ0n) is 13.8. The number of rotatable bonds is 3. The molecular formula is C18H22N2O4. The molecule has 6 nitrogen and oxygen atoms in total. The van der Waals surface area contributed by atoms with Crippen molar-refractivity contribution < 1.29 is 19.1 Å². The Morgan fingerprint density at radius 1 is 1.25 bits per heavy atom. The van der Waals surface area contributed by atoms with E-state index >= 15 is 0 Å². The summed E-state index contributed by atoms with van der Waals surface area (Å²) in [4.78, 5) is 37.6. The number of hydrogen-bond donors (Lipinski definition) is 1. The third kappa shape index (κ3) is 3.33. The summed E-state index contributed by atoms with van der Waals surface area (Å²) in [6.07, 6.45) is 2.75. The number of benzene rings is 1. The molecule has 2 heterocycles. The Balaban J connectivity index is 1.64. The number of amides is 2. The fourth-order valence-electron chi connectivity index (χ4n) is 3.63. The first kappa shape index (κ1) is 16.6. The van der Waals surface area contributed by atoms with E-state index in [1.807, 2.05) is 12.1 Å². The van der Waals surface area contributed by atoms with Crippen LogP contribution in [0.15, 0.2) is 24.3 Å². The molecule has 128 valence electrons. The number of ether oxygens (including phenoxy) is 1. The van der Waals surface area contributed by atoms with Gasteiger partial charge in [0.2, 0.25) is 11.8 Å². The van der Waals surface area contributed by atoms with Gasteiger partial charge in [0.05, 0.1) is 18.1 Å². The SMILES string of the molecule is COC(=O)c1ccc(CN2CCC3(CCCC(=O)NC3=O)C2)cc1. The summed E-state index contributed by atoms with van der Waals surface area (Å²) in [5.41, 5.74) is 1.18. The average molecular weight is 330 g/mol. The van der Waals surface area contributed by atoms with Crippen LogP contribution >= 0.6 is 0 Å². The molecule has 2 aliphatic rings. The van der Waals surface area contributed by atoms with E-state index in [0.29, 0.717) is 18.5 Å². The number of imide groups is 1. The molecule has 2 aliphatic heterocycles. The molecule has 1 spiro atoms. The van der Waals surface area contributed by atoms with Gasteiger partial charge >= 0.3 is 5.97 Å². The Bertz CT molecular complexity index is 655. The van der Waals surface area contributed by atoms with E-state index in [1.54, 1.807) is 12.1 Å². The molecule has 1 atom stereocenters. The molecule has 2 fully saturated rings. The van der Waals surface area contributed by atoms with E-state index < -0.39 is 5.41 Å². The fraction of sp³-hybridized carbons (Fsp3) is 0.500. The lowest BCUT2D eigenvalue weighted by molar-refractivity contribution is -0.135. The maximum absolute atomic E-state index is 12.4. The summed E-state index contributed by atoms with van der Waals surface area (Å²) in [5, 5.41) is 2.53. The van der Waals surface area contributed by atoms with Crippen LogP contribution in [0.5, 0.6) is 0 Å². The fourth-order valence-corrected chi connectivity index (χ4v) is 3.63. The van der Waals surface area contributed by atoms with E-state index in [-0.39, 0.29) is 17.8 Å². The third-order valence-electron chi connectivity index (χ3n) is 5.01. The number of nitrogens with one attached hydrogen (secondary N) is 1. The van der Waals surface area contributed by atoms with Crippen molar-refractivity contribution >= 4 is 17.8 Å². The van der Waals surface area contributed by atoms with Gasteiger partial charge in [-0.3, -0.25) is 19.8 Å². The van der Waals surface area contributed by atoms with Crippen LogP contribution in [0.1, 0.15) is 41.6 Å². The number of nitrogens with zero attached hydrogens (tertiary/aromatic N) is 1. The molecule has 1 N–H and O–H groups in total. The van der Waals surface area contributed by atoms with E-state index in [1.165, 1.54) is 7.11 Å². The molecule has 3 rings (SSSR count).